The van der Waals surface area contributed by atoms with Crippen LogP contribution in [-0.2, 0) is 9.53 Å². The Bertz CT molecular complexity index is 2140. The van der Waals surface area contributed by atoms with Crippen molar-refractivity contribution in [2.24, 2.45) is 4.99 Å². The number of hydrogen-bond acceptors (Lipinski definition) is 10. The first-order valence-corrected chi connectivity index (χ1v) is 19.5. The van der Waals surface area contributed by atoms with Crippen LogP contribution in [-0.4, -0.2) is 102 Å². The molecule has 3 fully saturated rings. The van der Waals surface area contributed by atoms with E-state index in [0.717, 1.165) is 31.6 Å². The molecule has 5 heterocycles. The van der Waals surface area contributed by atoms with Gasteiger partial charge >= 0.3 is 12.0 Å². The number of anilines is 1. The second-order valence-electron chi connectivity index (χ2n) is 13.8. The second kappa shape index (κ2) is 15.8. The molecule has 0 saturated carbocycles. The van der Waals surface area contributed by atoms with Crippen LogP contribution in [0.4, 0.5) is 14.9 Å². The molecule has 1 aromatic heterocycles. The first-order valence-electron chi connectivity index (χ1n) is 18.2. The van der Waals surface area contributed by atoms with Crippen LogP contribution < -0.4 is 15.0 Å². The molecule has 3 aromatic carbocycles. The molecule has 0 bridgehead atoms. The van der Waals surface area contributed by atoms with E-state index in [1.54, 1.807) is 35.4 Å². The molecular formula is C40H39ClFN7O5S. The molecule has 2 atom stereocenters. The van der Waals surface area contributed by atoms with Crippen LogP contribution in [0.2, 0.25) is 5.02 Å². The lowest BCUT2D eigenvalue weighted by atomic mass is 9.95. The predicted octanol–water partition coefficient (Wildman–Crippen LogP) is 6.50. The Balaban J connectivity index is 0.951. The summed E-state index contributed by atoms with van der Waals surface area (Å²) in [5.74, 6) is 0.675. The van der Waals surface area contributed by atoms with Crippen molar-refractivity contribution in [1.82, 2.24) is 25.0 Å². The van der Waals surface area contributed by atoms with E-state index in [-0.39, 0.29) is 28.6 Å². The van der Waals surface area contributed by atoms with Crippen LogP contribution in [0.3, 0.4) is 0 Å². The maximum absolute atomic E-state index is 14.1. The number of nitrogens with one attached hydrogen (secondary N) is 1. The molecule has 4 aromatic rings. The van der Waals surface area contributed by atoms with E-state index in [4.69, 9.17) is 26.1 Å². The third-order valence-corrected chi connectivity index (χ3v) is 11.5. The van der Waals surface area contributed by atoms with E-state index in [2.05, 4.69) is 15.2 Å². The van der Waals surface area contributed by atoms with Crippen molar-refractivity contribution in [2.45, 2.75) is 31.3 Å². The molecule has 8 rings (SSSR count). The summed E-state index contributed by atoms with van der Waals surface area (Å²) in [5.41, 5.74) is 2.72. The standard InChI is InChI=1S/C40H39ClFN7O5S/c1-53-39(51)34-33(44-36(37-43-15-20-55-37)45-35(34)31-14-7-26(42)21-32(31)41)24-46-18-19-48-28(22-46)23-49(40(48)52)27-8-12-30(13-9-27)54-29-10-5-25(6-11-29)38(50)47-16-3-2-4-17-47/h5-15,20-21,28,35H,2-4,16-19,22-24H2,1H3,(H,44,45)/t28-,35-/m0/s1. The molecule has 0 aliphatic carbocycles. The summed E-state index contributed by atoms with van der Waals surface area (Å²) in [5, 5.41) is 5.94. The second-order valence-corrected chi connectivity index (χ2v) is 15.1. The molecule has 3 amide bonds. The highest BCUT2D eigenvalue weighted by Gasteiger charge is 2.42. The number of halogens is 2. The number of rotatable bonds is 9. The largest absolute Gasteiger partial charge is 0.466 e. The fourth-order valence-electron chi connectivity index (χ4n) is 7.60. The molecule has 0 unspecified atom stereocenters. The van der Waals surface area contributed by atoms with E-state index >= 15 is 0 Å². The van der Waals surface area contributed by atoms with Gasteiger partial charge in [-0.15, -0.1) is 11.3 Å². The smallest absolute Gasteiger partial charge is 0.338 e. The molecule has 3 saturated heterocycles. The summed E-state index contributed by atoms with van der Waals surface area (Å²) in [6.07, 6.45) is 4.93. The Kier molecular flexibility index (Phi) is 10.5. The number of methoxy groups -OCH3 is 1. The molecule has 4 aliphatic heterocycles. The van der Waals surface area contributed by atoms with Gasteiger partial charge in [0, 0.05) is 84.9 Å². The quantitative estimate of drug-likeness (QED) is 0.191. The fourth-order valence-corrected chi connectivity index (χ4v) is 8.46. The Hall–Kier alpha value is -5.31. The third kappa shape index (κ3) is 7.66. The number of aromatic nitrogens is 1. The van der Waals surface area contributed by atoms with Gasteiger partial charge in [0.15, 0.2) is 10.8 Å². The minimum Gasteiger partial charge on any atom is -0.466 e. The predicted molar refractivity (Wildman–Crippen MR) is 207 cm³/mol. The van der Waals surface area contributed by atoms with Crippen LogP contribution in [0.25, 0.3) is 0 Å². The van der Waals surface area contributed by atoms with Crippen LogP contribution in [0.1, 0.15) is 46.2 Å². The van der Waals surface area contributed by atoms with Gasteiger partial charge in [0.05, 0.1) is 18.7 Å². The normalized spacial score (nSPS) is 20.2. The highest BCUT2D eigenvalue weighted by atomic mass is 35.5. The molecule has 0 radical (unpaired) electrons. The Morgan fingerprint density at radius 3 is 2.40 bits per heavy atom. The number of hydrogen-bond donors (Lipinski definition) is 1. The molecule has 1 N–H and O–H groups in total. The van der Waals surface area contributed by atoms with Gasteiger partial charge in [-0.05, 0) is 79.9 Å². The van der Waals surface area contributed by atoms with Gasteiger partial charge in [0.25, 0.3) is 5.91 Å². The van der Waals surface area contributed by atoms with Gasteiger partial charge < -0.3 is 24.6 Å². The van der Waals surface area contributed by atoms with E-state index in [1.165, 1.54) is 43.1 Å². The molecule has 15 heteroatoms. The molecule has 12 nitrogen and oxygen atoms in total. The van der Waals surface area contributed by atoms with Crippen LogP contribution in [0.5, 0.6) is 11.5 Å². The third-order valence-electron chi connectivity index (χ3n) is 10.4. The van der Waals surface area contributed by atoms with Gasteiger partial charge in [-0.2, -0.15) is 0 Å². The summed E-state index contributed by atoms with van der Waals surface area (Å²) in [6.45, 7) is 4.05. The minimum atomic E-state index is -0.861. The lowest BCUT2D eigenvalue weighted by Crippen LogP contribution is -2.53. The maximum atomic E-state index is 14.1. The SMILES string of the molecule is COC(=O)C1=C(CN2CCN3C(=O)N(c4ccc(Oc5ccc(C(=O)N6CCCCC6)cc5)cc4)C[C@@H]3C2)NC(c2nccs2)=N[C@H]1c1ccc(F)cc1Cl. The first kappa shape index (κ1) is 36.7. The zero-order chi connectivity index (χ0) is 38.1. The van der Waals surface area contributed by atoms with Gasteiger partial charge in [0.2, 0.25) is 0 Å². The van der Waals surface area contributed by atoms with E-state index in [1.807, 2.05) is 39.4 Å². The van der Waals surface area contributed by atoms with E-state index < -0.39 is 17.8 Å². The van der Waals surface area contributed by atoms with Crippen LogP contribution in [0, 0.1) is 5.82 Å². The molecule has 4 aliphatic rings. The number of likely N-dealkylation sites (tertiary alicyclic amines) is 1. The minimum absolute atomic E-state index is 0.0511. The van der Waals surface area contributed by atoms with Crippen molar-refractivity contribution >= 4 is 52.4 Å². The number of piperidine rings is 1. The fraction of sp³-hybridized carbons (Fsp3) is 0.325. The number of nitrogens with zero attached hydrogens (tertiary/aromatic N) is 6. The number of piperazine rings is 1. The number of carbonyl (C=O) groups excluding carboxylic acids is 3. The number of amidine groups is 1. The average Bonchev–Trinajstić information content (AvgIpc) is 3.86. The van der Waals surface area contributed by atoms with Crippen molar-refractivity contribution in [1.29, 1.82) is 0 Å². The number of aliphatic imine (C=N–C) groups is 1. The summed E-state index contributed by atoms with van der Waals surface area (Å²) in [6, 6.07) is 17.6. The summed E-state index contributed by atoms with van der Waals surface area (Å²) in [4.78, 5) is 56.9. The van der Waals surface area contributed by atoms with Crippen molar-refractivity contribution in [2.75, 3.05) is 57.8 Å². The number of carbonyl (C=O) groups is 3. The molecule has 55 heavy (non-hydrogen) atoms. The van der Waals surface area contributed by atoms with E-state index in [0.29, 0.717) is 71.9 Å². The van der Waals surface area contributed by atoms with Crippen LogP contribution >= 0.6 is 22.9 Å². The lowest BCUT2D eigenvalue weighted by Gasteiger charge is -2.38. The highest BCUT2D eigenvalue weighted by molar-refractivity contribution is 7.11. The lowest BCUT2D eigenvalue weighted by molar-refractivity contribution is -0.136. The van der Waals surface area contributed by atoms with Gasteiger partial charge in [-0.3, -0.25) is 19.6 Å². The number of esters is 1. The number of benzene rings is 3. The number of amides is 3. The van der Waals surface area contributed by atoms with Crippen molar-refractivity contribution < 1.29 is 28.2 Å². The average molecular weight is 784 g/mol. The maximum Gasteiger partial charge on any atom is 0.338 e. The molecular weight excluding hydrogens is 745 g/mol. The Morgan fingerprint density at radius 2 is 1.71 bits per heavy atom. The van der Waals surface area contributed by atoms with E-state index in [9.17, 15) is 18.8 Å². The number of thiazole rings is 1. The Morgan fingerprint density at radius 1 is 0.964 bits per heavy atom. The van der Waals surface area contributed by atoms with Gasteiger partial charge in [-0.1, -0.05) is 17.7 Å². The summed E-state index contributed by atoms with van der Waals surface area (Å²) in [7, 11) is 1.31. The monoisotopic (exact) mass is 783 g/mol. The number of ether oxygens (including phenoxy) is 2. The number of fused-ring (bicyclic) bond motifs is 1. The highest BCUT2D eigenvalue weighted by Crippen LogP contribution is 2.37. The van der Waals surface area contributed by atoms with Crippen molar-refractivity contribution in [3.8, 4) is 11.5 Å². The van der Waals surface area contributed by atoms with Crippen molar-refractivity contribution in [3.63, 3.8) is 0 Å². The Labute approximate surface area is 326 Å². The van der Waals surface area contributed by atoms with Crippen molar-refractivity contribution in [3.05, 3.63) is 117 Å². The summed E-state index contributed by atoms with van der Waals surface area (Å²) >= 11 is 7.92. The molecule has 284 valence electrons. The molecule has 0 spiro atoms. The summed E-state index contributed by atoms with van der Waals surface area (Å²) < 4.78 is 25.4. The van der Waals surface area contributed by atoms with Gasteiger partial charge in [0.1, 0.15) is 23.4 Å². The zero-order valence-electron chi connectivity index (χ0n) is 30.1. The number of urea groups is 1. The first-order chi connectivity index (χ1) is 26.7. The van der Waals surface area contributed by atoms with Gasteiger partial charge in [-0.25, -0.2) is 19.0 Å². The topological polar surface area (TPSA) is 120 Å². The van der Waals surface area contributed by atoms with Crippen LogP contribution in [0.15, 0.2) is 94.6 Å². The zero-order valence-corrected chi connectivity index (χ0v) is 31.7.